The molecule has 2 heterocycles. The van der Waals surface area contributed by atoms with Crippen LogP contribution >= 0.6 is 0 Å². The van der Waals surface area contributed by atoms with Crippen LogP contribution in [0.5, 0.6) is 0 Å². The number of hydrogen-bond acceptors (Lipinski definition) is 4. The van der Waals surface area contributed by atoms with Gasteiger partial charge < -0.3 is 19.8 Å². The van der Waals surface area contributed by atoms with E-state index in [9.17, 15) is 9.59 Å². The number of rotatable bonds is 3. The molecule has 0 unspecified atom stereocenters. The highest BCUT2D eigenvalue weighted by Gasteiger charge is 2.22. The molecule has 1 aliphatic heterocycles. The number of likely N-dealkylation sites (tertiary alicyclic amines) is 1. The maximum atomic E-state index is 11.6. The summed E-state index contributed by atoms with van der Waals surface area (Å²) >= 11 is 0. The smallest absolute Gasteiger partial charge is 0.407 e. The van der Waals surface area contributed by atoms with E-state index in [-0.39, 0.29) is 11.6 Å². The van der Waals surface area contributed by atoms with Gasteiger partial charge in [0.1, 0.15) is 6.26 Å². The Kier molecular flexibility index (Phi) is 3.81. The van der Waals surface area contributed by atoms with Crippen molar-refractivity contribution in [2.24, 2.45) is 5.92 Å². The number of aromatic nitrogens is 1. The lowest BCUT2D eigenvalue weighted by molar-refractivity contribution is 0.0920. The predicted octanol–water partition coefficient (Wildman–Crippen LogP) is 0.794. The molecule has 2 N–H and O–H groups in total. The largest absolute Gasteiger partial charge is 0.465 e. The molecule has 18 heavy (non-hydrogen) atoms. The molecule has 98 valence electrons. The molecule has 1 aliphatic rings. The van der Waals surface area contributed by atoms with E-state index in [4.69, 9.17) is 5.11 Å². The fraction of sp³-hybridized carbons (Fsp3) is 0.545. The van der Waals surface area contributed by atoms with Gasteiger partial charge in [0.25, 0.3) is 5.91 Å². The van der Waals surface area contributed by atoms with E-state index in [1.807, 2.05) is 0 Å². The van der Waals surface area contributed by atoms with Crippen LogP contribution in [-0.2, 0) is 0 Å². The average molecular weight is 253 g/mol. The molecule has 0 radical (unpaired) electrons. The first-order valence-corrected chi connectivity index (χ1v) is 5.83. The number of piperidine rings is 1. The molecule has 0 saturated carbocycles. The minimum Gasteiger partial charge on any atom is -0.465 e. The third-order valence-electron chi connectivity index (χ3n) is 3.11. The maximum Gasteiger partial charge on any atom is 0.407 e. The minimum absolute atomic E-state index is 0.260. The average Bonchev–Trinajstić information content (AvgIpc) is 2.90. The van der Waals surface area contributed by atoms with Crippen molar-refractivity contribution in [3.05, 3.63) is 18.0 Å². The van der Waals surface area contributed by atoms with Crippen molar-refractivity contribution in [2.45, 2.75) is 12.8 Å². The number of carboxylic acid groups (broad SMARTS) is 1. The van der Waals surface area contributed by atoms with E-state index in [0.717, 1.165) is 12.8 Å². The standard InChI is InChI=1S/C11H15N3O4/c15-10(9-3-6-18-13-9)12-7-8-1-4-14(5-2-8)11(16)17/h3,6,8H,1-2,4-5,7H2,(H,12,15)(H,16,17). The Morgan fingerprint density at radius 2 is 2.22 bits per heavy atom. The van der Waals surface area contributed by atoms with Gasteiger partial charge in [-0.25, -0.2) is 4.79 Å². The number of hydrogen-bond donors (Lipinski definition) is 2. The molecule has 7 nitrogen and oxygen atoms in total. The minimum atomic E-state index is -0.875. The fourth-order valence-corrected chi connectivity index (χ4v) is 1.99. The van der Waals surface area contributed by atoms with Crippen LogP contribution in [0.15, 0.2) is 16.9 Å². The van der Waals surface area contributed by atoms with Gasteiger partial charge in [0.05, 0.1) is 0 Å². The molecule has 1 aromatic heterocycles. The van der Waals surface area contributed by atoms with Gasteiger partial charge in [0.2, 0.25) is 0 Å². The molecule has 0 aliphatic carbocycles. The lowest BCUT2D eigenvalue weighted by atomic mass is 9.97. The molecule has 0 bridgehead atoms. The summed E-state index contributed by atoms with van der Waals surface area (Å²) in [6.07, 6.45) is 2.01. The second kappa shape index (κ2) is 5.52. The van der Waals surface area contributed by atoms with E-state index < -0.39 is 6.09 Å². The van der Waals surface area contributed by atoms with Gasteiger partial charge in [0.15, 0.2) is 5.69 Å². The summed E-state index contributed by atoms with van der Waals surface area (Å²) in [6.45, 7) is 1.60. The van der Waals surface area contributed by atoms with Crippen molar-refractivity contribution in [3.8, 4) is 0 Å². The Morgan fingerprint density at radius 1 is 1.50 bits per heavy atom. The quantitative estimate of drug-likeness (QED) is 0.830. The van der Waals surface area contributed by atoms with Crippen molar-refractivity contribution < 1.29 is 19.2 Å². The number of nitrogens with one attached hydrogen (secondary N) is 1. The van der Waals surface area contributed by atoms with E-state index >= 15 is 0 Å². The highest BCUT2D eigenvalue weighted by atomic mass is 16.5. The molecule has 1 saturated heterocycles. The molecule has 2 amide bonds. The second-order valence-corrected chi connectivity index (χ2v) is 4.31. The normalized spacial score (nSPS) is 16.6. The van der Waals surface area contributed by atoms with E-state index in [1.165, 1.54) is 17.2 Å². The van der Waals surface area contributed by atoms with Crippen LogP contribution in [0.4, 0.5) is 4.79 Å². The van der Waals surface area contributed by atoms with Crippen LogP contribution in [0, 0.1) is 5.92 Å². The summed E-state index contributed by atoms with van der Waals surface area (Å²) in [5, 5.41) is 15.1. The number of carbonyl (C=O) groups is 2. The monoisotopic (exact) mass is 253 g/mol. The van der Waals surface area contributed by atoms with Gasteiger partial charge in [-0.05, 0) is 18.8 Å². The van der Waals surface area contributed by atoms with Crippen molar-refractivity contribution >= 4 is 12.0 Å². The Bertz CT molecular complexity index is 410. The van der Waals surface area contributed by atoms with Crippen molar-refractivity contribution in [2.75, 3.05) is 19.6 Å². The van der Waals surface area contributed by atoms with Crippen LogP contribution < -0.4 is 5.32 Å². The number of amides is 2. The van der Waals surface area contributed by atoms with Crippen LogP contribution in [0.3, 0.4) is 0 Å². The first kappa shape index (κ1) is 12.4. The first-order chi connectivity index (χ1) is 8.66. The van der Waals surface area contributed by atoms with Gasteiger partial charge in [-0.1, -0.05) is 5.16 Å². The molecular weight excluding hydrogens is 238 g/mol. The summed E-state index contributed by atoms with van der Waals surface area (Å²) in [5.41, 5.74) is 0.262. The number of nitrogens with zero attached hydrogens (tertiary/aromatic N) is 2. The first-order valence-electron chi connectivity index (χ1n) is 5.83. The maximum absolute atomic E-state index is 11.6. The highest BCUT2D eigenvalue weighted by molar-refractivity contribution is 5.91. The van der Waals surface area contributed by atoms with E-state index in [0.29, 0.717) is 25.6 Å². The highest BCUT2D eigenvalue weighted by Crippen LogP contribution is 2.16. The van der Waals surface area contributed by atoms with Crippen LogP contribution in [-0.4, -0.2) is 46.8 Å². The zero-order chi connectivity index (χ0) is 13.0. The molecule has 1 fully saturated rings. The SMILES string of the molecule is O=C(NCC1CCN(C(=O)O)CC1)c1ccon1. The summed E-state index contributed by atoms with van der Waals surface area (Å²) in [4.78, 5) is 23.7. The van der Waals surface area contributed by atoms with Gasteiger partial charge in [0, 0.05) is 25.7 Å². The third-order valence-corrected chi connectivity index (χ3v) is 3.11. The summed E-state index contributed by atoms with van der Waals surface area (Å²) < 4.78 is 4.59. The Balaban J connectivity index is 1.72. The molecule has 2 rings (SSSR count). The van der Waals surface area contributed by atoms with Crippen molar-refractivity contribution in [1.29, 1.82) is 0 Å². The predicted molar refractivity (Wildman–Crippen MR) is 61.2 cm³/mol. The topological polar surface area (TPSA) is 95.7 Å². The zero-order valence-electron chi connectivity index (χ0n) is 9.83. The van der Waals surface area contributed by atoms with Gasteiger partial charge in [-0.15, -0.1) is 0 Å². The molecule has 0 aromatic carbocycles. The van der Waals surface area contributed by atoms with Crippen molar-refractivity contribution in [1.82, 2.24) is 15.4 Å². The van der Waals surface area contributed by atoms with Crippen LogP contribution in [0.2, 0.25) is 0 Å². The molecule has 1 aromatic rings. The number of carbonyl (C=O) groups excluding carboxylic acids is 1. The molecule has 0 atom stereocenters. The Morgan fingerprint density at radius 3 is 2.78 bits per heavy atom. The van der Waals surface area contributed by atoms with Gasteiger partial charge in [-0.3, -0.25) is 4.79 Å². The molecular formula is C11H15N3O4. The Labute approximate surface area is 104 Å². The molecule has 7 heteroatoms. The van der Waals surface area contributed by atoms with Gasteiger partial charge >= 0.3 is 6.09 Å². The van der Waals surface area contributed by atoms with Crippen molar-refractivity contribution in [3.63, 3.8) is 0 Å². The summed E-state index contributed by atoms with van der Waals surface area (Å²) in [7, 11) is 0. The Hall–Kier alpha value is -2.05. The lowest BCUT2D eigenvalue weighted by Gasteiger charge is -2.29. The van der Waals surface area contributed by atoms with E-state index in [2.05, 4.69) is 15.0 Å². The van der Waals surface area contributed by atoms with Crippen LogP contribution in [0.25, 0.3) is 0 Å². The van der Waals surface area contributed by atoms with E-state index in [1.54, 1.807) is 0 Å². The summed E-state index contributed by atoms with van der Waals surface area (Å²) in [5.74, 6) is 0.0564. The lowest BCUT2D eigenvalue weighted by Crippen LogP contribution is -2.40. The summed E-state index contributed by atoms with van der Waals surface area (Å²) in [6, 6.07) is 1.50. The fourth-order valence-electron chi connectivity index (χ4n) is 1.99. The third kappa shape index (κ3) is 2.99. The zero-order valence-corrected chi connectivity index (χ0v) is 9.83. The molecule has 0 spiro atoms. The second-order valence-electron chi connectivity index (χ2n) is 4.31. The van der Waals surface area contributed by atoms with Gasteiger partial charge in [-0.2, -0.15) is 0 Å². The van der Waals surface area contributed by atoms with Crippen LogP contribution in [0.1, 0.15) is 23.3 Å².